The maximum atomic E-state index is 10.4. The normalized spacial score (nSPS) is 12.7. The smallest absolute Gasteiger partial charge is 0.321 e. The minimum absolute atomic E-state index is 0.868. The van der Waals surface area contributed by atoms with Gasteiger partial charge in [-0.25, -0.2) is 0 Å². The van der Waals surface area contributed by atoms with Crippen molar-refractivity contribution in [3.05, 3.63) is 53.9 Å². The van der Waals surface area contributed by atoms with Crippen LogP contribution in [0.3, 0.4) is 0 Å². The third-order valence-electron chi connectivity index (χ3n) is 1.48. The van der Waals surface area contributed by atoms with Crippen molar-refractivity contribution in [2.45, 2.75) is 0 Å². The Balaban J connectivity index is 2.59. The molecule has 1 rings (SSSR count). The van der Waals surface area contributed by atoms with Crippen molar-refractivity contribution in [1.29, 1.82) is 0 Å². The molecular weight excluding hydrogens is 199 g/mol. The Kier molecular flexibility index (Phi) is 3.84. The van der Waals surface area contributed by atoms with Crippen molar-refractivity contribution in [2.75, 3.05) is 0 Å². The number of hydrogen-bond acceptors (Lipinski definition) is 1. The number of hydrogen-bond donors (Lipinski definition) is 2. The quantitative estimate of drug-likeness (QED) is 0.594. The van der Waals surface area contributed by atoms with Gasteiger partial charge in [0.2, 0.25) is 0 Å². The molecule has 2 N–H and O–H groups in total. The summed E-state index contributed by atoms with van der Waals surface area (Å²) in [6, 6.07) is 9.51. The first kappa shape index (κ1) is 10.9. The van der Waals surface area contributed by atoms with Crippen LogP contribution in [-0.2, 0) is 4.57 Å². The van der Waals surface area contributed by atoms with E-state index < -0.39 is 7.60 Å². The zero-order valence-electron chi connectivity index (χ0n) is 7.45. The van der Waals surface area contributed by atoms with Gasteiger partial charge in [-0.1, -0.05) is 48.6 Å². The van der Waals surface area contributed by atoms with Crippen LogP contribution in [0.2, 0.25) is 0 Å². The third kappa shape index (κ3) is 4.77. The maximum Gasteiger partial charge on any atom is 0.349 e. The summed E-state index contributed by atoms with van der Waals surface area (Å²) >= 11 is 0. The predicted molar refractivity (Wildman–Crippen MR) is 56.7 cm³/mol. The van der Waals surface area contributed by atoms with Gasteiger partial charge in [0.05, 0.1) is 0 Å². The van der Waals surface area contributed by atoms with Crippen molar-refractivity contribution in [1.82, 2.24) is 0 Å². The number of rotatable bonds is 3. The van der Waals surface area contributed by atoms with Crippen molar-refractivity contribution < 1.29 is 14.4 Å². The fourth-order valence-corrected chi connectivity index (χ4v) is 1.22. The molecule has 4 heteroatoms. The summed E-state index contributed by atoms with van der Waals surface area (Å²) in [7, 11) is -4.02. The van der Waals surface area contributed by atoms with Crippen molar-refractivity contribution in [3.8, 4) is 0 Å². The topological polar surface area (TPSA) is 57.5 Å². The van der Waals surface area contributed by atoms with Crippen LogP contribution in [0.25, 0.3) is 6.08 Å². The highest BCUT2D eigenvalue weighted by molar-refractivity contribution is 7.55. The molecule has 1 aromatic carbocycles. The molecule has 0 aliphatic carbocycles. The summed E-state index contributed by atoms with van der Waals surface area (Å²) in [5, 5.41) is 0. The molecule has 0 atom stereocenters. The van der Waals surface area contributed by atoms with E-state index in [1.165, 1.54) is 6.08 Å². The Hall–Kier alpha value is -1.15. The average Bonchev–Trinajstić information content (AvgIpc) is 2.13. The van der Waals surface area contributed by atoms with Gasteiger partial charge in [0.25, 0.3) is 0 Å². The lowest BCUT2D eigenvalue weighted by Gasteiger charge is -1.91. The van der Waals surface area contributed by atoms with Gasteiger partial charge in [-0.15, -0.1) is 0 Å². The van der Waals surface area contributed by atoms with Gasteiger partial charge in [-0.2, -0.15) is 0 Å². The van der Waals surface area contributed by atoms with E-state index in [2.05, 4.69) is 0 Å². The van der Waals surface area contributed by atoms with Gasteiger partial charge in [0, 0.05) is 5.82 Å². The van der Waals surface area contributed by atoms with E-state index >= 15 is 0 Å². The molecule has 3 nitrogen and oxygen atoms in total. The fourth-order valence-electron chi connectivity index (χ4n) is 0.893. The molecule has 74 valence electrons. The van der Waals surface area contributed by atoms with Crippen LogP contribution in [-0.4, -0.2) is 9.79 Å². The highest BCUT2D eigenvalue weighted by atomic mass is 31.2. The largest absolute Gasteiger partial charge is 0.349 e. The Morgan fingerprint density at radius 2 is 1.71 bits per heavy atom. The minimum Gasteiger partial charge on any atom is -0.321 e. The molecule has 0 saturated heterocycles. The number of allylic oxidation sites excluding steroid dienone is 2. The van der Waals surface area contributed by atoms with Gasteiger partial charge in [-0.05, 0) is 5.56 Å². The Bertz CT molecular complexity index is 376. The third-order valence-corrected chi connectivity index (χ3v) is 2.04. The van der Waals surface area contributed by atoms with Gasteiger partial charge in [0.1, 0.15) is 0 Å². The van der Waals surface area contributed by atoms with Crippen molar-refractivity contribution in [3.63, 3.8) is 0 Å². The molecule has 0 fully saturated rings. The van der Waals surface area contributed by atoms with Crippen molar-refractivity contribution >= 4 is 13.7 Å². The highest BCUT2D eigenvalue weighted by Gasteiger charge is 2.03. The summed E-state index contributed by atoms with van der Waals surface area (Å²) in [6.45, 7) is 0. The zero-order valence-corrected chi connectivity index (χ0v) is 8.34. The monoisotopic (exact) mass is 210 g/mol. The predicted octanol–water partition coefficient (Wildman–Crippen LogP) is 2.39. The van der Waals surface area contributed by atoms with Crippen molar-refractivity contribution in [2.24, 2.45) is 0 Å². The van der Waals surface area contributed by atoms with Crippen LogP contribution in [0.1, 0.15) is 5.56 Å². The second-order valence-electron chi connectivity index (χ2n) is 2.70. The van der Waals surface area contributed by atoms with Crippen LogP contribution in [0.15, 0.2) is 48.3 Å². The van der Waals surface area contributed by atoms with Crippen LogP contribution in [0, 0.1) is 0 Å². The SMILES string of the molecule is O=P(O)(O)/C=C/C=C/c1ccccc1. The van der Waals surface area contributed by atoms with Gasteiger partial charge in [0.15, 0.2) is 0 Å². The summed E-state index contributed by atoms with van der Waals surface area (Å²) < 4.78 is 10.4. The summed E-state index contributed by atoms with van der Waals surface area (Å²) in [5.74, 6) is 0.868. The Morgan fingerprint density at radius 3 is 2.29 bits per heavy atom. The van der Waals surface area contributed by atoms with E-state index in [4.69, 9.17) is 9.79 Å². The van der Waals surface area contributed by atoms with E-state index in [9.17, 15) is 4.57 Å². The molecule has 0 unspecified atom stereocenters. The zero-order chi connectivity index (χ0) is 10.4. The molecule has 0 aliphatic heterocycles. The summed E-state index contributed by atoms with van der Waals surface area (Å²) in [6.07, 6.45) is 4.70. The lowest BCUT2D eigenvalue weighted by atomic mass is 10.2. The van der Waals surface area contributed by atoms with Gasteiger partial charge < -0.3 is 9.79 Å². The standard InChI is InChI=1S/C10H11O3P/c11-14(12,13)9-5-4-8-10-6-2-1-3-7-10/h1-9H,(H2,11,12,13)/b8-4+,9-5+. The number of benzene rings is 1. The Morgan fingerprint density at radius 1 is 1.07 bits per heavy atom. The molecule has 0 heterocycles. The second-order valence-corrected chi connectivity index (χ2v) is 4.18. The summed E-state index contributed by atoms with van der Waals surface area (Å²) in [5.41, 5.74) is 0.989. The van der Waals surface area contributed by atoms with Gasteiger partial charge >= 0.3 is 7.60 Å². The van der Waals surface area contributed by atoms with E-state index in [0.29, 0.717) is 0 Å². The van der Waals surface area contributed by atoms with E-state index in [1.54, 1.807) is 12.2 Å². The molecule has 1 aromatic rings. The minimum atomic E-state index is -4.02. The molecule has 0 spiro atoms. The first-order valence-electron chi connectivity index (χ1n) is 4.04. The fraction of sp³-hybridized carbons (Fsp3) is 0. The van der Waals surface area contributed by atoms with Crippen LogP contribution >= 0.6 is 7.60 Å². The molecule has 0 saturated carbocycles. The molecule has 0 radical (unpaired) electrons. The molecule has 0 amide bonds. The van der Waals surface area contributed by atoms with Crippen LogP contribution < -0.4 is 0 Å². The molecule has 0 aliphatic rings. The molecule has 0 bridgehead atoms. The highest BCUT2D eigenvalue weighted by Crippen LogP contribution is 2.35. The molecule has 0 aromatic heterocycles. The van der Waals surface area contributed by atoms with E-state index in [1.807, 2.05) is 30.3 Å². The average molecular weight is 210 g/mol. The first-order chi connectivity index (χ1) is 6.58. The molecule has 14 heavy (non-hydrogen) atoms. The molecular formula is C10H11O3P. The van der Waals surface area contributed by atoms with Crippen LogP contribution in [0.5, 0.6) is 0 Å². The van der Waals surface area contributed by atoms with Crippen LogP contribution in [0.4, 0.5) is 0 Å². The summed E-state index contributed by atoms with van der Waals surface area (Å²) in [4.78, 5) is 17.0. The van der Waals surface area contributed by atoms with E-state index in [0.717, 1.165) is 11.4 Å². The Labute approximate surface area is 82.6 Å². The van der Waals surface area contributed by atoms with E-state index in [-0.39, 0.29) is 0 Å². The maximum absolute atomic E-state index is 10.4. The second kappa shape index (κ2) is 4.91. The lowest BCUT2D eigenvalue weighted by Crippen LogP contribution is -1.68. The van der Waals surface area contributed by atoms with Gasteiger partial charge in [-0.3, -0.25) is 4.57 Å². The lowest BCUT2D eigenvalue weighted by molar-refractivity contribution is 0.386. The first-order valence-corrected chi connectivity index (χ1v) is 5.72.